The topological polar surface area (TPSA) is 71.4 Å². The van der Waals surface area contributed by atoms with E-state index in [2.05, 4.69) is 16.0 Å². The van der Waals surface area contributed by atoms with Gasteiger partial charge in [-0.1, -0.05) is 12.1 Å². The number of fused-ring (bicyclic) bond motifs is 1. The van der Waals surface area contributed by atoms with E-state index in [1.807, 2.05) is 20.9 Å². The number of carbonyl (C=O) groups excluding carboxylic acids is 3. The standard InChI is InChI=1S/C19H21N3O3/c1-12-10-14(13(2)21(12)3)8-9-20-17(23)11-22-18(24)15-6-4-5-7-16(15)19(22)25/h4-7,10H,8-9,11H2,1-3H3,(H,20,23). The fourth-order valence-corrected chi connectivity index (χ4v) is 3.11. The van der Waals surface area contributed by atoms with Gasteiger partial charge in [-0.3, -0.25) is 19.3 Å². The molecule has 0 saturated carbocycles. The lowest BCUT2D eigenvalue weighted by Crippen LogP contribution is -2.40. The van der Waals surface area contributed by atoms with Gasteiger partial charge in [-0.25, -0.2) is 0 Å². The molecule has 2 aromatic rings. The molecule has 1 aromatic heterocycles. The van der Waals surface area contributed by atoms with Crippen LogP contribution < -0.4 is 5.32 Å². The van der Waals surface area contributed by atoms with E-state index in [9.17, 15) is 14.4 Å². The maximum atomic E-state index is 12.2. The minimum Gasteiger partial charge on any atom is -0.354 e. The third-order valence-electron chi connectivity index (χ3n) is 4.78. The van der Waals surface area contributed by atoms with E-state index in [4.69, 9.17) is 0 Å². The van der Waals surface area contributed by atoms with Crippen LogP contribution in [0.4, 0.5) is 0 Å². The lowest BCUT2D eigenvalue weighted by molar-refractivity contribution is -0.121. The zero-order valence-electron chi connectivity index (χ0n) is 14.6. The molecule has 0 spiro atoms. The van der Waals surface area contributed by atoms with Crippen LogP contribution in [0.25, 0.3) is 0 Å². The lowest BCUT2D eigenvalue weighted by atomic mass is 10.1. The molecule has 1 aromatic carbocycles. The molecule has 1 aliphatic heterocycles. The molecule has 6 nitrogen and oxygen atoms in total. The number of amides is 3. The first-order valence-electron chi connectivity index (χ1n) is 8.24. The molecule has 0 aliphatic carbocycles. The van der Waals surface area contributed by atoms with Crippen molar-refractivity contribution in [2.45, 2.75) is 20.3 Å². The van der Waals surface area contributed by atoms with Gasteiger partial charge < -0.3 is 9.88 Å². The molecular formula is C19H21N3O3. The van der Waals surface area contributed by atoms with E-state index in [-0.39, 0.29) is 12.5 Å². The zero-order chi connectivity index (χ0) is 18.1. The van der Waals surface area contributed by atoms with Crippen LogP contribution in [0.15, 0.2) is 30.3 Å². The third kappa shape index (κ3) is 3.07. The van der Waals surface area contributed by atoms with E-state index in [0.29, 0.717) is 24.1 Å². The Labute approximate surface area is 146 Å². The summed E-state index contributed by atoms with van der Waals surface area (Å²) in [5.41, 5.74) is 4.24. The van der Waals surface area contributed by atoms with Gasteiger partial charge in [0.05, 0.1) is 11.1 Å². The Bertz CT molecular complexity index is 832. The van der Waals surface area contributed by atoms with Crippen LogP contribution in [-0.4, -0.2) is 40.3 Å². The maximum Gasteiger partial charge on any atom is 0.262 e. The van der Waals surface area contributed by atoms with Crippen molar-refractivity contribution < 1.29 is 14.4 Å². The Morgan fingerprint density at radius 2 is 1.68 bits per heavy atom. The normalized spacial score (nSPS) is 13.3. The van der Waals surface area contributed by atoms with Crippen molar-refractivity contribution in [3.63, 3.8) is 0 Å². The van der Waals surface area contributed by atoms with E-state index in [1.54, 1.807) is 24.3 Å². The van der Waals surface area contributed by atoms with Gasteiger partial charge in [-0.15, -0.1) is 0 Å². The number of imide groups is 1. The summed E-state index contributed by atoms with van der Waals surface area (Å²) in [5.74, 6) is -1.16. The molecule has 2 heterocycles. The average Bonchev–Trinajstić information content (AvgIpc) is 2.98. The molecule has 0 unspecified atom stereocenters. The van der Waals surface area contributed by atoms with Crippen molar-refractivity contribution in [2.24, 2.45) is 7.05 Å². The smallest absolute Gasteiger partial charge is 0.262 e. The number of aryl methyl sites for hydroxylation is 1. The average molecular weight is 339 g/mol. The first-order chi connectivity index (χ1) is 11.9. The molecule has 6 heteroatoms. The first kappa shape index (κ1) is 17.0. The molecule has 130 valence electrons. The number of hydrogen-bond donors (Lipinski definition) is 1. The van der Waals surface area contributed by atoms with E-state index >= 15 is 0 Å². The lowest BCUT2D eigenvalue weighted by Gasteiger charge is -2.13. The van der Waals surface area contributed by atoms with Gasteiger partial charge in [0.2, 0.25) is 5.91 Å². The largest absolute Gasteiger partial charge is 0.354 e. The molecule has 1 N–H and O–H groups in total. The summed E-state index contributed by atoms with van der Waals surface area (Å²) in [6.07, 6.45) is 0.710. The van der Waals surface area contributed by atoms with Crippen LogP contribution in [0.2, 0.25) is 0 Å². The highest BCUT2D eigenvalue weighted by molar-refractivity contribution is 6.22. The van der Waals surface area contributed by atoms with Crippen LogP contribution in [0.5, 0.6) is 0 Å². The number of rotatable bonds is 5. The molecule has 0 fully saturated rings. The minimum absolute atomic E-state index is 0.251. The molecule has 3 rings (SSSR count). The summed E-state index contributed by atoms with van der Waals surface area (Å²) in [6.45, 7) is 4.30. The summed E-state index contributed by atoms with van der Waals surface area (Å²) in [4.78, 5) is 37.6. The molecule has 0 bridgehead atoms. The summed E-state index contributed by atoms with van der Waals surface area (Å²) in [5, 5.41) is 2.79. The second-order valence-corrected chi connectivity index (χ2v) is 6.30. The van der Waals surface area contributed by atoms with Crippen molar-refractivity contribution in [2.75, 3.05) is 13.1 Å². The molecule has 3 amide bonds. The molecule has 0 atom stereocenters. The van der Waals surface area contributed by atoms with Gasteiger partial charge in [-0.2, -0.15) is 0 Å². The van der Waals surface area contributed by atoms with Gasteiger partial charge in [0.1, 0.15) is 6.54 Å². The second kappa shape index (κ2) is 6.55. The van der Waals surface area contributed by atoms with Gasteiger partial charge in [-0.05, 0) is 44.0 Å². The fourth-order valence-electron chi connectivity index (χ4n) is 3.11. The fraction of sp³-hybridized carbons (Fsp3) is 0.316. The predicted molar refractivity (Wildman–Crippen MR) is 93.4 cm³/mol. The monoisotopic (exact) mass is 339 g/mol. The van der Waals surface area contributed by atoms with Gasteiger partial charge in [0.25, 0.3) is 11.8 Å². The highest BCUT2D eigenvalue weighted by Crippen LogP contribution is 2.21. The minimum atomic E-state index is -0.412. The van der Waals surface area contributed by atoms with Crippen LogP contribution >= 0.6 is 0 Å². The quantitative estimate of drug-likeness (QED) is 0.841. The SMILES string of the molecule is Cc1cc(CCNC(=O)CN2C(=O)c3ccccc3C2=O)c(C)n1C. The highest BCUT2D eigenvalue weighted by Gasteiger charge is 2.36. The zero-order valence-corrected chi connectivity index (χ0v) is 14.6. The Morgan fingerprint density at radius 1 is 1.08 bits per heavy atom. The second-order valence-electron chi connectivity index (χ2n) is 6.30. The molecule has 1 aliphatic rings. The number of nitrogens with zero attached hydrogens (tertiary/aromatic N) is 2. The van der Waals surface area contributed by atoms with Crippen LogP contribution in [-0.2, 0) is 18.3 Å². The van der Waals surface area contributed by atoms with Gasteiger partial charge >= 0.3 is 0 Å². The van der Waals surface area contributed by atoms with Gasteiger partial charge in [0, 0.05) is 25.0 Å². The summed E-state index contributed by atoms with van der Waals surface area (Å²) >= 11 is 0. The summed E-state index contributed by atoms with van der Waals surface area (Å²) < 4.78 is 2.11. The number of nitrogens with one attached hydrogen (secondary N) is 1. The van der Waals surface area contributed by atoms with Crippen LogP contribution in [0.1, 0.15) is 37.7 Å². The molecule has 25 heavy (non-hydrogen) atoms. The van der Waals surface area contributed by atoms with Crippen LogP contribution in [0, 0.1) is 13.8 Å². The van der Waals surface area contributed by atoms with Crippen molar-refractivity contribution in [1.29, 1.82) is 0 Å². The molecule has 0 radical (unpaired) electrons. The molecule has 0 saturated heterocycles. The van der Waals surface area contributed by atoms with Crippen molar-refractivity contribution in [3.05, 3.63) is 58.4 Å². The molecular weight excluding hydrogens is 318 g/mol. The maximum absolute atomic E-state index is 12.2. The Hall–Kier alpha value is -2.89. The summed E-state index contributed by atoms with van der Waals surface area (Å²) in [6, 6.07) is 8.73. The Morgan fingerprint density at radius 3 is 2.20 bits per heavy atom. The van der Waals surface area contributed by atoms with E-state index < -0.39 is 11.8 Å². The Kier molecular flexibility index (Phi) is 4.44. The van der Waals surface area contributed by atoms with E-state index in [0.717, 1.165) is 4.90 Å². The number of carbonyl (C=O) groups is 3. The van der Waals surface area contributed by atoms with Crippen LogP contribution in [0.3, 0.4) is 0 Å². The number of benzene rings is 1. The van der Waals surface area contributed by atoms with E-state index in [1.165, 1.54) is 17.0 Å². The summed E-state index contributed by atoms with van der Waals surface area (Å²) in [7, 11) is 2.01. The van der Waals surface area contributed by atoms with Gasteiger partial charge in [0.15, 0.2) is 0 Å². The van der Waals surface area contributed by atoms with Crippen molar-refractivity contribution in [3.8, 4) is 0 Å². The van der Waals surface area contributed by atoms with Crippen molar-refractivity contribution >= 4 is 17.7 Å². The number of hydrogen-bond acceptors (Lipinski definition) is 3. The van der Waals surface area contributed by atoms with Crippen molar-refractivity contribution in [1.82, 2.24) is 14.8 Å². The Balaban J connectivity index is 1.56. The number of aromatic nitrogens is 1. The third-order valence-corrected chi connectivity index (χ3v) is 4.78. The predicted octanol–water partition coefficient (Wildman–Crippen LogP) is 1.60. The highest BCUT2D eigenvalue weighted by atomic mass is 16.2. The first-order valence-corrected chi connectivity index (χ1v) is 8.24.